The molecule has 0 bridgehead atoms. The standard InChI is InChI=1S/C16H18O9/c17-9-3-1-2-8(13(9)21)4-5-12(20)25-14-10(18)6-16(24,15(22)23)7-11(14)19/h1-5,10-11,14,17-19,21,24H,6-7H2,(H,22,23)/b5-4+/t10-,11-,14?,16?/m1/s1. The molecule has 136 valence electrons. The molecule has 2 rings (SSSR count). The quantitative estimate of drug-likeness (QED) is 0.234. The lowest BCUT2D eigenvalue weighted by Crippen LogP contribution is -2.57. The van der Waals surface area contributed by atoms with Crippen LogP contribution in [0.3, 0.4) is 0 Å². The monoisotopic (exact) mass is 354 g/mol. The van der Waals surface area contributed by atoms with Crippen molar-refractivity contribution in [1.82, 2.24) is 0 Å². The van der Waals surface area contributed by atoms with E-state index in [1.807, 2.05) is 0 Å². The summed E-state index contributed by atoms with van der Waals surface area (Å²) in [6.07, 6.45) is -3.69. The van der Waals surface area contributed by atoms with E-state index >= 15 is 0 Å². The van der Waals surface area contributed by atoms with Gasteiger partial charge in [-0.3, -0.25) is 0 Å². The first-order valence-electron chi connectivity index (χ1n) is 7.35. The van der Waals surface area contributed by atoms with Gasteiger partial charge < -0.3 is 35.4 Å². The number of phenols is 2. The fraction of sp³-hybridized carbons (Fsp3) is 0.375. The number of rotatable bonds is 4. The number of carboxylic acid groups (broad SMARTS) is 1. The summed E-state index contributed by atoms with van der Waals surface area (Å²) in [6, 6.07) is 4.13. The number of benzene rings is 1. The Morgan fingerprint density at radius 1 is 1.16 bits per heavy atom. The molecule has 0 heterocycles. The second kappa shape index (κ2) is 7.09. The molecule has 0 aliphatic heterocycles. The van der Waals surface area contributed by atoms with Gasteiger partial charge in [0.2, 0.25) is 0 Å². The Hall–Kier alpha value is -2.62. The summed E-state index contributed by atoms with van der Waals surface area (Å²) in [4.78, 5) is 22.8. The molecule has 1 saturated carbocycles. The van der Waals surface area contributed by atoms with Gasteiger partial charge in [0.15, 0.2) is 23.2 Å². The van der Waals surface area contributed by atoms with Crippen LogP contribution in [0, 0.1) is 0 Å². The van der Waals surface area contributed by atoms with Crippen LogP contribution in [-0.4, -0.2) is 66.5 Å². The molecule has 0 saturated heterocycles. The smallest absolute Gasteiger partial charge is 0.335 e. The summed E-state index contributed by atoms with van der Waals surface area (Å²) < 4.78 is 4.91. The molecule has 9 heteroatoms. The summed E-state index contributed by atoms with van der Waals surface area (Å²) >= 11 is 0. The summed E-state index contributed by atoms with van der Waals surface area (Å²) in [5, 5.41) is 57.5. The molecule has 1 aromatic carbocycles. The van der Waals surface area contributed by atoms with E-state index in [0.29, 0.717) is 0 Å². The normalized spacial score (nSPS) is 29.5. The lowest BCUT2D eigenvalue weighted by molar-refractivity contribution is -0.196. The summed E-state index contributed by atoms with van der Waals surface area (Å²) in [7, 11) is 0. The maximum Gasteiger partial charge on any atom is 0.335 e. The maximum absolute atomic E-state index is 11.8. The van der Waals surface area contributed by atoms with Gasteiger partial charge in [-0.1, -0.05) is 12.1 Å². The number of hydrogen-bond acceptors (Lipinski definition) is 8. The van der Waals surface area contributed by atoms with Crippen LogP contribution in [-0.2, 0) is 14.3 Å². The summed E-state index contributed by atoms with van der Waals surface area (Å²) in [6.45, 7) is 0. The molecule has 0 unspecified atom stereocenters. The number of carbonyl (C=O) groups excluding carboxylic acids is 1. The minimum absolute atomic E-state index is 0.141. The first kappa shape index (κ1) is 18.7. The van der Waals surface area contributed by atoms with Crippen molar-refractivity contribution in [1.29, 1.82) is 0 Å². The number of ether oxygens (including phenoxy) is 1. The highest BCUT2D eigenvalue weighted by Crippen LogP contribution is 2.32. The second-order valence-electron chi connectivity index (χ2n) is 5.83. The van der Waals surface area contributed by atoms with Gasteiger partial charge in [-0.15, -0.1) is 0 Å². The van der Waals surface area contributed by atoms with E-state index in [4.69, 9.17) is 9.84 Å². The Bertz CT molecular complexity index is 685. The van der Waals surface area contributed by atoms with Crippen LogP contribution in [0.4, 0.5) is 0 Å². The third kappa shape index (κ3) is 4.08. The zero-order valence-corrected chi connectivity index (χ0v) is 12.9. The zero-order chi connectivity index (χ0) is 18.8. The molecule has 0 radical (unpaired) electrons. The van der Waals surface area contributed by atoms with Gasteiger partial charge in [0, 0.05) is 24.5 Å². The minimum atomic E-state index is -2.30. The average Bonchev–Trinajstić information content (AvgIpc) is 2.52. The van der Waals surface area contributed by atoms with Crippen molar-refractivity contribution in [3.8, 4) is 11.5 Å². The highest BCUT2D eigenvalue weighted by atomic mass is 16.6. The number of carboxylic acids is 1. The van der Waals surface area contributed by atoms with E-state index in [1.165, 1.54) is 18.2 Å². The van der Waals surface area contributed by atoms with Crippen LogP contribution < -0.4 is 0 Å². The molecule has 1 fully saturated rings. The highest BCUT2D eigenvalue weighted by Gasteiger charge is 2.50. The van der Waals surface area contributed by atoms with E-state index in [9.17, 15) is 35.1 Å². The third-order valence-electron chi connectivity index (χ3n) is 3.95. The molecular weight excluding hydrogens is 336 g/mol. The predicted molar refractivity (Wildman–Crippen MR) is 82.5 cm³/mol. The van der Waals surface area contributed by atoms with Gasteiger partial charge in [-0.05, 0) is 12.1 Å². The van der Waals surface area contributed by atoms with Crippen LogP contribution in [0.15, 0.2) is 24.3 Å². The molecule has 0 aromatic heterocycles. The van der Waals surface area contributed by atoms with Crippen LogP contribution in [0.1, 0.15) is 18.4 Å². The van der Waals surface area contributed by atoms with E-state index in [1.54, 1.807) is 0 Å². The lowest BCUT2D eigenvalue weighted by atomic mass is 9.79. The van der Waals surface area contributed by atoms with Crippen molar-refractivity contribution in [2.45, 2.75) is 36.8 Å². The maximum atomic E-state index is 11.8. The lowest BCUT2D eigenvalue weighted by Gasteiger charge is -2.39. The minimum Gasteiger partial charge on any atom is -0.504 e. The Morgan fingerprint density at radius 2 is 1.76 bits per heavy atom. The van der Waals surface area contributed by atoms with Gasteiger partial charge in [-0.2, -0.15) is 0 Å². The Balaban J connectivity index is 2.04. The van der Waals surface area contributed by atoms with Gasteiger partial charge in [-0.25, -0.2) is 9.59 Å². The Labute approximate surface area is 142 Å². The van der Waals surface area contributed by atoms with E-state index in [2.05, 4.69) is 0 Å². The van der Waals surface area contributed by atoms with Crippen molar-refractivity contribution in [3.63, 3.8) is 0 Å². The summed E-state index contributed by atoms with van der Waals surface area (Å²) in [5.41, 5.74) is -2.16. The van der Waals surface area contributed by atoms with Gasteiger partial charge in [0.25, 0.3) is 0 Å². The van der Waals surface area contributed by atoms with Crippen molar-refractivity contribution >= 4 is 18.0 Å². The molecule has 9 nitrogen and oxygen atoms in total. The van der Waals surface area contributed by atoms with Crippen molar-refractivity contribution in [2.75, 3.05) is 0 Å². The van der Waals surface area contributed by atoms with Crippen LogP contribution in [0.25, 0.3) is 6.08 Å². The van der Waals surface area contributed by atoms with Gasteiger partial charge in [0.1, 0.15) is 0 Å². The zero-order valence-electron chi connectivity index (χ0n) is 12.9. The number of esters is 1. The topological polar surface area (TPSA) is 165 Å². The van der Waals surface area contributed by atoms with Gasteiger partial charge in [0.05, 0.1) is 12.2 Å². The summed E-state index contributed by atoms with van der Waals surface area (Å²) in [5.74, 6) is -3.36. The number of carbonyl (C=O) groups is 2. The molecule has 0 spiro atoms. The number of phenolic OH excluding ortho intramolecular Hbond substituents is 2. The van der Waals surface area contributed by atoms with E-state index in [-0.39, 0.29) is 11.3 Å². The molecule has 1 aliphatic carbocycles. The van der Waals surface area contributed by atoms with Gasteiger partial charge >= 0.3 is 11.9 Å². The first-order chi connectivity index (χ1) is 11.6. The molecule has 25 heavy (non-hydrogen) atoms. The Kier molecular flexibility index (Phi) is 5.31. The fourth-order valence-electron chi connectivity index (χ4n) is 2.61. The molecular formula is C16H18O9. The predicted octanol–water partition coefficient (Wildman–Crippen LogP) is -0.646. The van der Waals surface area contributed by atoms with Crippen molar-refractivity contribution in [2.24, 2.45) is 0 Å². The van der Waals surface area contributed by atoms with Crippen LogP contribution in [0.2, 0.25) is 0 Å². The third-order valence-corrected chi connectivity index (χ3v) is 3.95. The number of aromatic hydroxyl groups is 2. The fourth-order valence-corrected chi connectivity index (χ4v) is 2.61. The molecule has 1 aliphatic rings. The number of aliphatic hydroxyl groups excluding tert-OH is 2. The number of aliphatic hydroxyl groups is 3. The van der Waals surface area contributed by atoms with Crippen molar-refractivity contribution < 1.29 is 45.0 Å². The largest absolute Gasteiger partial charge is 0.504 e. The number of hydrogen-bond donors (Lipinski definition) is 6. The Morgan fingerprint density at radius 3 is 2.32 bits per heavy atom. The van der Waals surface area contributed by atoms with Crippen LogP contribution in [0.5, 0.6) is 11.5 Å². The SMILES string of the molecule is O=C(/C=C/c1cccc(O)c1O)OC1[C@H](O)CC(O)(C(=O)O)C[C@H]1O. The van der Waals surface area contributed by atoms with E-state index in [0.717, 1.165) is 12.2 Å². The van der Waals surface area contributed by atoms with Crippen LogP contribution >= 0.6 is 0 Å². The first-order valence-corrected chi connectivity index (χ1v) is 7.35. The highest BCUT2D eigenvalue weighted by molar-refractivity contribution is 5.88. The second-order valence-corrected chi connectivity index (χ2v) is 5.83. The molecule has 2 atom stereocenters. The molecule has 1 aromatic rings. The number of para-hydroxylation sites is 1. The average molecular weight is 354 g/mol. The molecule has 6 N–H and O–H groups in total. The number of aliphatic carboxylic acids is 1. The van der Waals surface area contributed by atoms with Crippen molar-refractivity contribution in [3.05, 3.63) is 29.8 Å². The van der Waals surface area contributed by atoms with E-state index < -0.39 is 54.4 Å². The molecule has 0 amide bonds.